The van der Waals surface area contributed by atoms with Crippen LogP contribution in [0.25, 0.3) is 0 Å². The summed E-state index contributed by atoms with van der Waals surface area (Å²) in [4.78, 5) is 15.6. The number of pyridine rings is 1. The van der Waals surface area contributed by atoms with Crippen LogP contribution in [0.2, 0.25) is 0 Å². The average molecular weight is 191 g/mol. The minimum Gasteiger partial charge on any atom is -0.466 e. The van der Waals surface area contributed by atoms with Gasteiger partial charge in [0.15, 0.2) is 0 Å². The van der Waals surface area contributed by atoms with Crippen molar-refractivity contribution in [2.24, 2.45) is 5.92 Å². The number of hydrogen-bond donors (Lipinski definition) is 0. The first-order chi connectivity index (χ1) is 6.83. The van der Waals surface area contributed by atoms with Gasteiger partial charge in [0.1, 0.15) is 0 Å². The Labute approximate surface area is 83.1 Å². The Hall–Kier alpha value is -1.38. The summed E-state index contributed by atoms with van der Waals surface area (Å²) in [6.07, 6.45) is 2.64. The third-order valence-electron chi connectivity index (χ3n) is 2.45. The maximum absolute atomic E-state index is 11.3. The van der Waals surface area contributed by atoms with Crippen LogP contribution in [0.1, 0.15) is 25.0 Å². The summed E-state index contributed by atoms with van der Waals surface area (Å²) in [7, 11) is 0. The molecule has 74 valence electrons. The standard InChI is InChI=1S/C11H13NO2/c1-2-14-11(13)9-7-8(9)10-5-3-4-6-12-10/h3-6,8-9H,2,7H2,1H3/t8-,9+/m0/s1. The van der Waals surface area contributed by atoms with Crippen LogP contribution in [0, 0.1) is 5.92 Å². The molecule has 0 spiro atoms. The fourth-order valence-corrected chi connectivity index (χ4v) is 1.63. The predicted octanol–water partition coefficient (Wildman–Crippen LogP) is 1.75. The lowest BCUT2D eigenvalue weighted by molar-refractivity contribution is -0.144. The zero-order chi connectivity index (χ0) is 9.97. The molecule has 1 fully saturated rings. The molecule has 1 saturated carbocycles. The first kappa shape index (κ1) is 9.19. The molecule has 3 heteroatoms. The summed E-state index contributed by atoms with van der Waals surface area (Å²) in [6, 6.07) is 5.79. The third-order valence-corrected chi connectivity index (χ3v) is 2.45. The summed E-state index contributed by atoms with van der Waals surface area (Å²) in [5.74, 6) is 0.253. The van der Waals surface area contributed by atoms with E-state index < -0.39 is 0 Å². The Kier molecular flexibility index (Phi) is 2.48. The van der Waals surface area contributed by atoms with E-state index in [1.807, 2.05) is 25.1 Å². The Morgan fingerprint density at radius 1 is 1.64 bits per heavy atom. The van der Waals surface area contributed by atoms with E-state index in [1.54, 1.807) is 6.20 Å². The van der Waals surface area contributed by atoms with Crippen LogP contribution in [0.4, 0.5) is 0 Å². The van der Waals surface area contributed by atoms with Crippen LogP contribution >= 0.6 is 0 Å². The molecule has 0 radical (unpaired) electrons. The summed E-state index contributed by atoms with van der Waals surface area (Å²) < 4.78 is 4.95. The highest BCUT2D eigenvalue weighted by atomic mass is 16.5. The molecule has 2 atom stereocenters. The molecule has 0 N–H and O–H groups in total. The normalized spacial score (nSPS) is 24.4. The lowest BCUT2D eigenvalue weighted by atomic mass is 10.2. The van der Waals surface area contributed by atoms with Crippen LogP contribution in [-0.4, -0.2) is 17.6 Å². The van der Waals surface area contributed by atoms with Gasteiger partial charge in [-0.1, -0.05) is 6.07 Å². The van der Waals surface area contributed by atoms with Crippen LogP contribution in [0.15, 0.2) is 24.4 Å². The van der Waals surface area contributed by atoms with Gasteiger partial charge in [0, 0.05) is 17.8 Å². The first-order valence-electron chi connectivity index (χ1n) is 4.90. The largest absolute Gasteiger partial charge is 0.466 e. The van der Waals surface area contributed by atoms with Crippen molar-refractivity contribution in [3.05, 3.63) is 30.1 Å². The van der Waals surface area contributed by atoms with Crippen LogP contribution < -0.4 is 0 Å². The molecule has 0 unspecified atom stereocenters. The van der Waals surface area contributed by atoms with Gasteiger partial charge in [-0.15, -0.1) is 0 Å². The lowest BCUT2D eigenvalue weighted by Gasteiger charge is -2.00. The molecular formula is C11H13NO2. The smallest absolute Gasteiger partial charge is 0.309 e. The number of carbonyl (C=O) groups excluding carboxylic acids is 1. The Morgan fingerprint density at radius 3 is 3.14 bits per heavy atom. The van der Waals surface area contributed by atoms with Gasteiger partial charge in [-0.05, 0) is 25.5 Å². The van der Waals surface area contributed by atoms with Crippen LogP contribution in [-0.2, 0) is 9.53 Å². The van der Waals surface area contributed by atoms with Crippen LogP contribution in [0.3, 0.4) is 0 Å². The van der Waals surface area contributed by atoms with E-state index >= 15 is 0 Å². The molecule has 0 amide bonds. The number of rotatable bonds is 3. The monoisotopic (exact) mass is 191 g/mol. The molecular weight excluding hydrogens is 178 g/mol. The lowest BCUT2D eigenvalue weighted by Crippen LogP contribution is -2.07. The second-order valence-electron chi connectivity index (χ2n) is 3.46. The fourth-order valence-electron chi connectivity index (χ4n) is 1.63. The molecule has 0 aromatic carbocycles. The average Bonchev–Trinajstić information content (AvgIpc) is 2.99. The quantitative estimate of drug-likeness (QED) is 0.683. The maximum Gasteiger partial charge on any atom is 0.309 e. The molecule has 1 aliphatic carbocycles. The second-order valence-corrected chi connectivity index (χ2v) is 3.46. The summed E-state index contributed by atoms with van der Waals surface area (Å²) >= 11 is 0. The van der Waals surface area contributed by atoms with E-state index in [4.69, 9.17) is 4.74 Å². The third kappa shape index (κ3) is 1.76. The molecule has 1 aromatic rings. The van der Waals surface area contributed by atoms with E-state index in [0.29, 0.717) is 6.61 Å². The molecule has 2 rings (SSSR count). The van der Waals surface area contributed by atoms with Gasteiger partial charge >= 0.3 is 5.97 Å². The number of aromatic nitrogens is 1. The number of esters is 1. The second kappa shape index (κ2) is 3.78. The number of ether oxygens (including phenoxy) is 1. The summed E-state index contributed by atoms with van der Waals surface area (Å²) in [6.45, 7) is 2.29. The maximum atomic E-state index is 11.3. The topological polar surface area (TPSA) is 39.2 Å². The van der Waals surface area contributed by atoms with Gasteiger partial charge in [-0.25, -0.2) is 0 Å². The number of hydrogen-bond acceptors (Lipinski definition) is 3. The molecule has 1 aromatic heterocycles. The van der Waals surface area contributed by atoms with Crippen molar-refractivity contribution in [3.63, 3.8) is 0 Å². The van der Waals surface area contributed by atoms with Crippen molar-refractivity contribution in [1.82, 2.24) is 4.98 Å². The van der Waals surface area contributed by atoms with E-state index in [2.05, 4.69) is 4.98 Å². The minimum atomic E-state index is -0.0804. The molecule has 14 heavy (non-hydrogen) atoms. The molecule has 3 nitrogen and oxygen atoms in total. The van der Waals surface area contributed by atoms with Crippen molar-refractivity contribution in [2.75, 3.05) is 6.61 Å². The van der Waals surface area contributed by atoms with Crippen molar-refractivity contribution in [3.8, 4) is 0 Å². The van der Waals surface area contributed by atoms with Gasteiger partial charge in [0.05, 0.1) is 12.5 Å². The summed E-state index contributed by atoms with van der Waals surface area (Å²) in [5.41, 5.74) is 1.01. The Balaban J connectivity index is 1.96. The molecule has 0 saturated heterocycles. The van der Waals surface area contributed by atoms with Crippen molar-refractivity contribution in [2.45, 2.75) is 19.3 Å². The van der Waals surface area contributed by atoms with E-state index in [1.165, 1.54) is 0 Å². The number of nitrogens with zero attached hydrogens (tertiary/aromatic N) is 1. The predicted molar refractivity (Wildman–Crippen MR) is 51.7 cm³/mol. The minimum absolute atomic E-state index is 0.0462. The first-order valence-corrected chi connectivity index (χ1v) is 4.90. The summed E-state index contributed by atoms with van der Waals surface area (Å²) in [5, 5.41) is 0. The SMILES string of the molecule is CCOC(=O)[C@@H]1C[C@@H]1c1ccccn1. The fraction of sp³-hybridized carbons (Fsp3) is 0.455. The zero-order valence-corrected chi connectivity index (χ0v) is 8.14. The van der Waals surface area contributed by atoms with Crippen molar-refractivity contribution in [1.29, 1.82) is 0 Å². The van der Waals surface area contributed by atoms with Gasteiger partial charge in [-0.2, -0.15) is 0 Å². The van der Waals surface area contributed by atoms with Gasteiger partial charge in [0.2, 0.25) is 0 Å². The Morgan fingerprint density at radius 2 is 2.50 bits per heavy atom. The molecule has 0 aliphatic heterocycles. The van der Waals surface area contributed by atoms with Crippen molar-refractivity contribution >= 4 is 5.97 Å². The molecule has 1 heterocycles. The highest BCUT2D eigenvalue weighted by molar-refractivity contribution is 5.77. The van der Waals surface area contributed by atoms with E-state index in [9.17, 15) is 4.79 Å². The molecule has 0 bridgehead atoms. The number of carbonyl (C=O) groups is 1. The van der Waals surface area contributed by atoms with Gasteiger partial charge < -0.3 is 4.74 Å². The van der Waals surface area contributed by atoms with E-state index in [0.717, 1.165) is 12.1 Å². The zero-order valence-electron chi connectivity index (χ0n) is 8.14. The molecule has 1 aliphatic rings. The van der Waals surface area contributed by atoms with Crippen LogP contribution in [0.5, 0.6) is 0 Å². The van der Waals surface area contributed by atoms with E-state index in [-0.39, 0.29) is 17.8 Å². The van der Waals surface area contributed by atoms with Gasteiger partial charge in [-0.3, -0.25) is 9.78 Å². The van der Waals surface area contributed by atoms with Crippen molar-refractivity contribution < 1.29 is 9.53 Å². The van der Waals surface area contributed by atoms with Gasteiger partial charge in [0.25, 0.3) is 0 Å². The Bertz CT molecular complexity index is 323. The highest BCUT2D eigenvalue weighted by Crippen LogP contribution is 2.47. The highest BCUT2D eigenvalue weighted by Gasteiger charge is 2.45.